The zero-order valence-corrected chi connectivity index (χ0v) is 7.24. The van der Waals surface area contributed by atoms with Gasteiger partial charge in [0, 0.05) is 6.20 Å². The second-order valence-electron chi connectivity index (χ2n) is 2.74. The molecule has 0 spiro atoms. The van der Waals surface area contributed by atoms with E-state index in [1.807, 2.05) is 6.92 Å². The molecule has 1 N–H and O–H groups in total. The molecule has 2 rings (SSSR count). The van der Waals surface area contributed by atoms with Gasteiger partial charge in [0.05, 0.1) is 22.9 Å². The van der Waals surface area contributed by atoms with Crippen molar-refractivity contribution in [1.29, 1.82) is 0 Å². The van der Waals surface area contributed by atoms with Crippen LogP contribution < -0.4 is 5.56 Å². The number of nitrogens with one attached hydrogen (secondary N) is 1. The molecule has 4 heteroatoms. The molecule has 0 aliphatic heterocycles. The molecule has 0 radical (unpaired) electrons. The van der Waals surface area contributed by atoms with Crippen LogP contribution in [0, 0.1) is 0 Å². The second-order valence-corrected chi connectivity index (χ2v) is 2.74. The van der Waals surface area contributed by atoms with Crippen LogP contribution in [0.25, 0.3) is 10.9 Å². The summed E-state index contributed by atoms with van der Waals surface area (Å²) < 4.78 is 0. The minimum Gasteiger partial charge on any atom is -0.344 e. The summed E-state index contributed by atoms with van der Waals surface area (Å²) in [6.07, 6.45) is 3.85. The predicted molar refractivity (Wildman–Crippen MR) is 49.5 cm³/mol. The molecule has 0 amide bonds. The largest absolute Gasteiger partial charge is 0.344 e. The summed E-state index contributed by atoms with van der Waals surface area (Å²) in [5, 5.41) is 0.606. The van der Waals surface area contributed by atoms with Crippen LogP contribution in [0.2, 0.25) is 0 Å². The van der Waals surface area contributed by atoms with E-state index in [4.69, 9.17) is 0 Å². The Balaban J connectivity index is 2.92. The van der Waals surface area contributed by atoms with Crippen molar-refractivity contribution >= 4 is 10.9 Å². The zero-order valence-electron chi connectivity index (χ0n) is 7.24. The first-order chi connectivity index (χ1) is 6.33. The maximum atomic E-state index is 11.3. The molecule has 13 heavy (non-hydrogen) atoms. The number of nitrogens with zero attached hydrogens (tertiary/aromatic N) is 2. The lowest BCUT2D eigenvalue weighted by atomic mass is 10.2. The summed E-state index contributed by atoms with van der Waals surface area (Å²) in [4.78, 5) is 22.0. The van der Waals surface area contributed by atoms with Gasteiger partial charge in [-0.1, -0.05) is 6.92 Å². The van der Waals surface area contributed by atoms with Gasteiger partial charge in [0.1, 0.15) is 0 Å². The second kappa shape index (κ2) is 2.97. The summed E-state index contributed by atoms with van der Waals surface area (Å²) in [7, 11) is 0. The Kier molecular flexibility index (Phi) is 1.81. The molecule has 0 aliphatic carbocycles. The molecular formula is C9H9N3O. The molecule has 0 aromatic carbocycles. The van der Waals surface area contributed by atoms with Gasteiger partial charge in [-0.25, -0.2) is 0 Å². The first-order valence-corrected chi connectivity index (χ1v) is 4.14. The maximum Gasteiger partial charge on any atom is 0.280 e. The van der Waals surface area contributed by atoms with Crippen LogP contribution in [-0.2, 0) is 6.42 Å². The van der Waals surface area contributed by atoms with Crippen molar-refractivity contribution in [2.45, 2.75) is 13.3 Å². The van der Waals surface area contributed by atoms with Crippen molar-refractivity contribution in [2.24, 2.45) is 0 Å². The number of pyridine rings is 1. The Hall–Kier alpha value is -1.71. The number of aromatic nitrogens is 3. The van der Waals surface area contributed by atoms with Crippen molar-refractivity contribution in [3.8, 4) is 0 Å². The topological polar surface area (TPSA) is 58.6 Å². The van der Waals surface area contributed by atoms with E-state index in [0.717, 1.165) is 17.6 Å². The van der Waals surface area contributed by atoms with Crippen molar-refractivity contribution in [2.75, 3.05) is 0 Å². The molecule has 0 aliphatic rings. The lowest BCUT2D eigenvalue weighted by Gasteiger charge is -2.00. The van der Waals surface area contributed by atoms with E-state index in [2.05, 4.69) is 15.0 Å². The zero-order chi connectivity index (χ0) is 9.26. The van der Waals surface area contributed by atoms with Gasteiger partial charge >= 0.3 is 0 Å². The minimum absolute atomic E-state index is 0.203. The van der Waals surface area contributed by atoms with Gasteiger partial charge in [-0.15, -0.1) is 0 Å². The third-order valence-electron chi connectivity index (χ3n) is 1.99. The lowest BCUT2D eigenvalue weighted by Crippen LogP contribution is -2.07. The average molecular weight is 175 g/mol. The van der Waals surface area contributed by atoms with Crippen LogP contribution in [-0.4, -0.2) is 15.0 Å². The maximum absolute atomic E-state index is 11.3. The monoisotopic (exact) mass is 175 g/mol. The number of aryl methyl sites for hydroxylation is 1. The molecule has 4 nitrogen and oxygen atoms in total. The van der Waals surface area contributed by atoms with Gasteiger partial charge in [0.25, 0.3) is 5.56 Å². The fourth-order valence-electron chi connectivity index (χ4n) is 1.34. The van der Waals surface area contributed by atoms with E-state index in [0.29, 0.717) is 5.39 Å². The van der Waals surface area contributed by atoms with E-state index < -0.39 is 0 Å². The molecule has 2 heterocycles. The fraction of sp³-hybridized carbons (Fsp3) is 0.222. The van der Waals surface area contributed by atoms with Crippen molar-refractivity contribution < 1.29 is 0 Å². The highest BCUT2D eigenvalue weighted by Crippen LogP contribution is 2.08. The third kappa shape index (κ3) is 1.20. The normalized spacial score (nSPS) is 10.5. The van der Waals surface area contributed by atoms with Gasteiger partial charge in [0.15, 0.2) is 0 Å². The number of H-pyrrole nitrogens is 1. The van der Waals surface area contributed by atoms with Gasteiger partial charge < -0.3 is 4.98 Å². The van der Waals surface area contributed by atoms with Gasteiger partial charge in [-0.2, -0.15) is 4.98 Å². The standard InChI is InChI=1S/C9H9N3O/c1-2-7-8-6(3-4-10-7)9(13)12-5-11-8/h3-5H,2H2,1H3,(H,11,12,13). The molecule has 2 aromatic rings. The first-order valence-electron chi connectivity index (χ1n) is 4.14. The van der Waals surface area contributed by atoms with E-state index in [1.165, 1.54) is 6.33 Å². The van der Waals surface area contributed by atoms with Crippen LogP contribution >= 0.6 is 0 Å². The Morgan fingerprint density at radius 3 is 3.08 bits per heavy atom. The van der Waals surface area contributed by atoms with E-state index >= 15 is 0 Å². The van der Waals surface area contributed by atoms with Crippen LogP contribution in [0.3, 0.4) is 0 Å². The first kappa shape index (κ1) is 7.91. The molecular weight excluding hydrogens is 166 g/mol. The minimum atomic E-state index is -0.203. The molecule has 2 aromatic heterocycles. The van der Waals surface area contributed by atoms with Crippen molar-refractivity contribution in [3.05, 3.63) is 34.6 Å². The summed E-state index contributed by atoms with van der Waals surface area (Å²) >= 11 is 0. The van der Waals surface area contributed by atoms with Gasteiger partial charge in [0.2, 0.25) is 0 Å². The number of fused-ring (bicyclic) bond motifs is 1. The molecule has 66 valence electrons. The van der Waals surface area contributed by atoms with E-state index in [9.17, 15) is 4.79 Å². The highest BCUT2D eigenvalue weighted by Gasteiger charge is 2.02. The number of aromatic amines is 1. The molecule has 0 atom stereocenters. The Morgan fingerprint density at radius 1 is 1.46 bits per heavy atom. The lowest BCUT2D eigenvalue weighted by molar-refractivity contribution is 1.03. The van der Waals surface area contributed by atoms with E-state index in [-0.39, 0.29) is 5.56 Å². The van der Waals surface area contributed by atoms with Crippen molar-refractivity contribution in [1.82, 2.24) is 15.0 Å². The highest BCUT2D eigenvalue weighted by molar-refractivity contribution is 5.78. The number of hydrogen-bond donors (Lipinski definition) is 1. The molecule has 0 bridgehead atoms. The SMILES string of the molecule is CCc1nccc2c(=O)nc[nH]c12. The average Bonchev–Trinajstić information content (AvgIpc) is 2.18. The Morgan fingerprint density at radius 2 is 2.31 bits per heavy atom. The molecule has 0 saturated carbocycles. The van der Waals surface area contributed by atoms with Crippen LogP contribution in [0.1, 0.15) is 12.6 Å². The van der Waals surface area contributed by atoms with Crippen LogP contribution in [0.5, 0.6) is 0 Å². The van der Waals surface area contributed by atoms with E-state index in [1.54, 1.807) is 12.3 Å². The fourth-order valence-corrected chi connectivity index (χ4v) is 1.34. The number of rotatable bonds is 1. The Bertz CT molecular complexity index is 489. The smallest absolute Gasteiger partial charge is 0.280 e. The van der Waals surface area contributed by atoms with Crippen LogP contribution in [0.4, 0.5) is 0 Å². The molecule has 0 unspecified atom stereocenters. The van der Waals surface area contributed by atoms with Gasteiger partial charge in [-0.05, 0) is 12.5 Å². The Labute approximate surface area is 74.7 Å². The van der Waals surface area contributed by atoms with Gasteiger partial charge in [-0.3, -0.25) is 9.78 Å². The van der Waals surface area contributed by atoms with Crippen LogP contribution in [0.15, 0.2) is 23.4 Å². The van der Waals surface area contributed by atoms with Crippen molar-refractivity contribution in [3.63, 3.8) is 0 Å². The highest BCUT2D eigenvalue weighted by atomic mass is 16.1. The predicted octanol–water partition coefficient (Wildman–Crippen LogP) is 0.881. The molecule has 0 saturated heterocycles. The summed E-state index contributed by atoms with van der Waals surface area (Å²) in [5.74, 6) is 0. The summed E-state index contributed by atoms with van der Waals surface area (Å²) in [6.45, 7) is 2.00. The summed E-state index contributed by atoms with van der Waals surface area (Å²) in [5.41, 5.74) is 1.49. The summed E-state index contributed by atoms with van der Waals surface area (Å²) in [6, 6.07) is 1.68. The quantitative estimate of drug-likeness (QED) is 0.699. The molecule has 0 fully saturated rings. The third-order valence-corrected chi connectivity index (χ3v) is 1.99. The number of hydrogen-bond acceptors (Lipinski definition) is 3.